The van der Waals surface area contributed by atoms with Crippen LogP contribution in [0.4, 0.5) is 0 Å². The van der Waals surface area contributed by atoms with Gasteiger partial charge < -0.3 is 9.88 Å². The van der Waals surface area contributed by atoms with E-state index in [2.05, 4.69) is 16.5 Å². The van der Waals surface area contributed by atoms with Crippen LogP contribution in [0.15, 0.2) is 65.3 Å². The Bertz CT molecular complexity index is 1240. The first kappa shape index (κ1) is 20.3. The molecule has 4 rings (SSSR count). The summed E-state index contributed by atoms with van der Waals surface area (Å²) in [5.41, 5.74) is 1.55. The van der Waals surface area contributed by atoms with E-state index in [-0.39, 0.29) is 11.5 Å². The number of hydrogen-bond donors (Lipinski definition) is 1. The molecule has 4 aromatic rings. The molecule has 0 unspecified atom stereocenters. The molecular formula is C23H21N3O2S2. The minimum absolute atomic E-state index is 0.104. The molecule has 3 aromatic heterocycles. The molecule has 1 aromatic carbocycles. The number of amides is 1. The lowest BCUT2D eigenvalue weighted by Crippen LogP contribution is -2.30. The van der Waals surface area contributed by atoms with Crippen molar-refractivity contribution in [1.29, 1.82) is 0 Å². The highest BCUT2D eigenvalue weighted by molar-refractivity contribution is 7.20. The monoisotopic (exact) mass is 435 g/mol. The van der Waals surface area contributed by atoms with Crippen LogP contribution in [0.5, 0.6) is 0 Å². The van der Waals surface area contributed by atoms with Crippen LogP contribution in [0.3, 0.4) is 0 Å². The van der Waals surface area contributed by atoms with E-state index in [1.807, 2.05) is 54.8 Å². The number of aryl methyl sites for hydroxylation is 1. The summed E-state index contributed by atoms with van der Waals surface area (Å²) in [5.74, 6) is 0.494. The first-order valence-corrected chi connectivity index (χ1v) is 11.2. The third kappa shape index (κ3) is 4.13. The number of rotatable bonds is 7. The molecule has 0 aliphatic rings. The van der Waals surface area contributed by atoms with Gasteiger partial charge in [0.2, 0.25) is 0 Å². The van der Waals surface area contributed by atoms with Crippen molar-refractivity contribution >= 4 is 38.8 Å². The summed E-state index contributed by atoms with van der Waals surface area (Å²) in [5, 5.41) is 2.49. The lowest BCUT2D eigenvalue weighted by molar-refractivity contribution is 0.0768. The predicted octanol–water partition coefficient (Wildman–Crippen LogP) is 4.77. The second-order valence-electron chi connectivity index (χ2n) is 6.97. The van der Waals surface area contributed by atoms with E-state index in [4.69, 9.17) is 0 Å². The maximum absolute atomic E-state index is 13.3. The van der Waals surface area contributed by atoms with E-state index in [9.17, 15) is 9.59 Å². The summed E-state index contributed by atoms with van der Waals surface area (Å²) in [6.07, 6.45) is 2.25. The van der Waals surface area contributed by atoms with Gasteiger partial charge in [0.15, 0.2) is 0 Å². The number of aromatic nitrogens is 2. The standard InChI is InChI=1S/C23H21N3O2S2/c1-3-11-26(14-17-10-7-12-29-17)23(28)20-15(2)19-21(27)24-18(25-22(19)30-20)13-16-8-5-4-6-9-16/h3-10,12H,1,11,13-14H2,2H3,(H,24,25,27). The van der Waals surface area contributed by atoms with Crippen LogP contribution in [0.2, 0.25) is 0 Å². The minimum Gasteiger partial charge on any atom is -0.329 e. The van der Waals surface area contributed by atoms with Gasteiger partial charge in [-0.3, -0.25) is 9.59 Å². The van der Waals surface area contributed by atoms with Crippen LogP contribution in [0.1, 0.15) is 31.5 Å². The lowest BCUT2D eigenvalue weighted by Gasteiger charge is -2.20. The van der Waals surface area contributed by atoms with Crippen LogP contribution < -0.4 is 5.56 Å². The van der Waals surface area contributed by atoms with E-state index < -0.39 is 0 Å². The summed E-state index contributed by atoms with van der Waals surface area (Å²) >= 11 is 2.90. The van der Waals surface area contributed by atoms with Crippen molar-refractivity contribution in [2.24, 2.45) is 0 Å². The Morgan fingerprint density at radius 2 is 2.03 bits per heavy atom. The number of benzene rings is 1. The van der Waals surface area contributed by atoms with Crippen LogP contribution >= 0.6 is 22.7 Å². The van der Waals surface area contributed by atoms with Gasteiger partial charge in [-0.2, -0.15) is 0 Å². The third-order valence-electron chi connectivity index (χ3n) is 4.82. The summed E-state index contributed by atoms with van der Waals surface area (Å²) in [7, 11) is 0. The Morgan fingerprint density at radius 1 is 1.23 bits per heavy atom. The van der Waals surface area contributed by atoms with E-state index in [0.29, 0.717) is 46.0 Å². The van der Waals surface area contributed by atoms with Crippen molar-refractivity contribution in [2.75, 3.05) is 6.54 Å². The average Bonchev–Trinajstić information content (AvgIpc) is 3.36. The van der Waals surface area contributed by atoms with E-state index in [1.54, 1.807) is 22.3 Å². The fraction of sp³-hybridized carbons (Fsp3) is 0.174. The zero-order chi connectivity index (χ0) is 21.1. The van der Waals surface area contributed by atoms with Crippen molar-refractivity contribution in [3.63, 3.8) is 0 Å². The van der Waals surface area contributed by atoms with Gasteiger partial charge in [-0.05, 0) is 29.5 Å². The molecule has 152 valence electrons. The summed E-state index contributed by atoms with van der Waals surface area (Å²) in [4.78, 5) is 37.6. The number of H-pyrrole nitrogens is 1. The van der Waals surface area contributed by atoms with Gasteiger partial charge in [0.1, 0.15) is 10.7 Å². The first-order valence-electron chi connectivity index (χ1n) is 9.55. The quantitative estimate of drug-likeness (QED) is 0.425. The molecule has 0 fully saturated rings. The topological polar surface area (TPSA) is 66.1 Å². The molecule has 5 nitrogen and oxygen atoms in total. The zero-order valence-corrected chi connectivity index (χ0v) is 18.2. The highest BCUT2D eigenvalue weighted by Crippen LogP contribution is 2.29. The van der Waals surface area contributed by atoms with Crippen molar-refractivity contribution in [2.45, 2.75) is 19.9 Å². The Morgan fingerprint density at radius 3 is 2.73 bits per heavy atom. The maximum Gasteiger partial charge on any atom is 0.264 e. The van der Waals surface area contributed by atoms with Crippen molar-refractivity contribution in [3.05, 3.63) is 97.6 Å². The average molecular weight is 436 g/mol. The lowest BCUT2D eigenvalue weighted by atomic mass is 10.1. The van der Waals surface area contributed by atoms with Crippen molar-refractivity contribution < 1.29 is 4.79 Å². The normalized spacial score (nSPS) is 11.0. The number of carbonyl (C=O) groups is 1. The Labute approximate surface area is 182 Å². The van der Waals surface area contributed by atoms with Crippen LogP contribution in [0, 0.1) is 6.92 Å². The molecule has 0 saturated heterocycles. The fourth-order valence-corrected chi connectivity index (χ4v) is 5.26. The highest BCUT2D eigenvalue weighted by atomic mass is 32.1. The summed E-state index contributed by atoms with van der Waals surface area (Å²) in [6.45, 7) is 6.55. The Hall–Kier alpha value is -3.03. The van der Waals surface area contributed by atoms with E-state index >= 15 is 0 Å². The van der Waals surface area contributed by atoms with Gasteiger partial charge in [-0.15, -0.1) is 29.3 Å². The number of hydrogen-bond acceptors (Lipinski definition) is 5. The van der Waals surface area contributed by atoms with Crippen LogP contribution in [0.25, 0.3) is 10.2 Å². The Balaban J connectivity index is 1.69. The molecule has 0 aliphatic heterocycles. The molecule has 1 N–H and O–H groups in total. The van der Waals surface area contributed by atoms with Gasteiger partial charge in [-0.1, -0.05) is 42.5 Å². The number of aromatic amines is 1. The van der Waals surface area contributed by atoms with E-state index in [0.717, 1.165) is 10.4 Å². The molecule has 1 amide bonds. The molecule has 30 heavy (non-hydrogen) atoms. The molecule has 0 aliphatic carbocycles. The minimum atomic E-state index is -0.202. The van der Waals surface area contributed by atoms with Crippen LogP contribution in [-0.2, 0) is 13.0 Å². The summed E-state index contributed by atoms with van der Waals surface area (Å²) < 4.78 is 0. The first-order chi connectivity index (χ1) is 14.6. The number of fused-ring (bicyclic) bond motifs is 1. The van der Waals surface area contributed by atoms with Gasteiger partial charge in [0.05, 0.1) is 16.8 Å². The molecular weight excluding hydrogens is 414 g/mol. The van der Waals surface area contributed by atoms with Crippen LogP contribution in [-0.4, -0.2) is 27.3 Å². The van der Waals surface area contributed by atoms with Crippen molar-refractivity contribution in [1.82, 2.24) is 14.9 Å². The predicted molar refractivity (Wildman–Crippen MR) is 123 cm³/mol. The molecule has 0 atom stereocenters. The number of nitrogens with one attached hydrogen (secondary N) is 1. The van der Waals surface area contributed by atoms with Gasteiger partial charge in [0, 0.05) is 17.8 Å². The molecule has 7 heteroatoms. The van der Waals surface area contributed by atoms with Crippen molar-refractivity contribution in [3.8, 4) is 0 Å². The van der Waals surface area contributed by atoms with Gasteiger partial charge in [0.25, 0.3) is 11.5 Å². The second kappa shape index (κ2) is 8.77. The maximum atomic E-state index is 13.3. The molecule has 3 heterocycles. The number of carbonyl (C=O) groups excluding carboxylic acids is 1. The van der Waals surface area contributed by atoms with E-state index in [1.165, 1.54) is 11.3 Å². The highest BCUT2D eigenvalue weighted by Gasteiger charge is 2.23. The SMILES string of the molecule is C=CCN(Cc1cccs1)C(=O)c1sc2nc(Cc3ccccc3)[nH]c(=O)c2c1C. The largest absolute Gasteiger partial charge is 0.329 e. The zero-order valence-electron chi connectivity index (χ0n) is 16.6. The van der Waals surface area contributed by atoms with Gasteiger partial charge >= 0.3 is 0 Å². The Kier molecular flexibility index (Phi) is 5.92. The molecule has 0 saturated carbocycles. The second-order valence-corrected chi connectivity index (χ2v) is 9.00. The van der Waals surface area contributed by atoms with Gasteiger partial charge in [-0.25, -0.2) is 4.98 Å². The smallest absolute Gasteiger partial charge is 0.264 e. The molecule has 0 radical (unpaired) electrons. The molecule has 0 spiro atoms. The number of nitrogens with zero attached hydrogens (tertiary/aromatic N) is 2. The third-order valence-corrected chi connectivity index (χ3v) is 6.86. The summed E-state index contributed by atoms with van der Waals surface area (Å²) in [6, 6.07) is 13.8. The molecule has 0 bridgehead atoms. The fourth-order valence-electron chi connectivity index (χ4n) is 3.37. The number of thiophene rings is 2.